The third kappa shape index (κ3) is 7.79. The third-order valence-corrected chi connectivity index (χ3v) is 4.47. The maximum absolute atomic E-state index is 11.7. The summed E-state index contributed by atoms with van der Waals surface area (Å²) in [6.07, 6.45) is 0.549. The number of aromatic nitrogens is 1. The molecule has 6 heteroatoms. The van der Waals surface area contributed by atoms with Crippen LogP contribution in [0.4, 0.5) is 4.79 Å². The van der Waals surface area contributed by atoms with Crippen LogP contribution < -0.4 is 10.6 Å². The molecule has 1 unspecified atom stereocenters. The number of amides is 1. The molecule has 0 bridgehead atoms. The van der Waals surface area contributed by atoms with Crippen LogP contribution in [0.1, 0.15) is 65.6 Å². The van der Waals surface area contributed by atoms with Crippen LogP contribution in [0, 0.1) is 0 Å². The highest BCUT2D eigenvalue weighted by Gasteiger charge is 2.19. The second kappa shape index (κ2) is 8.11. The molecule has 1 aromatic heterocycles. The maximum atomic E-state index is 11.7. The predicted octanol–water partition coefficient (Wildman–Crippen LogP) is 3.83. The van der Waals surface area contributed by atoms with Crippen LogP contribution in [0.3, 0.4) is 0 Å². The Kier molecular flexibility index (Phi) is 7.02. The quantitative estimate of drug-likeness (QED) is 0.825. The average Bonchev–Trinajstić information content (AvgIpc) is 2.85. The Balaban J connectivity index is 2.42. The number of alkyl carbamates (subject to hydrolysis) is 1. The van der Waals surface area contributed by atoms with E-state index in [0.717, 1.165) is 17.1 Å². The molecule has 1 amide bonds. The predicted molar refractivity (Wildman–Crippen MR) is 96.0 cm³/mol. The summed E-state index contributed by atoms with van der Waals surface area (Å²) in [7, 11) is 0. The van der Waals surface area contributed by atoms with Gasteiger partial charge >= 0.3 is 6.09 Å². The lowest BCUT2D eigenvalue weighted by molar-refractivity contribution is 0.0522. The van der Waals surface area contributed by atoms with Crippen LogP contribution >= 0.6 is 11.3 Å². The van der Waals surface area contributed by atoms with E-state index in [-0.39, 0.29) is 17.6 Å². The van der Waals surface area contributed by atoms with Gasteiger partial charge in [-0.25, -0.2) is 9.78 Å². The smallest absolute Gasteiger partial charge is 0.407 e. The van der Waals surface area contributed by atoms with Gasteiger partial charge in [-0.05, 0) is 27.2 Å². The van der Waals surface area contributed by atoms with Gasteiger partial charge in [0.15, 0.2) is 0 Å². The standard InChI is InChI=1S/C17H31N3O2S/c1-8-12(9-19-15(21)22-17(5,6)7)18-10-13-11-23-14(20-13)16(2,3)4/h11-12,18H,8-10H2,1-7H3,(H,19,21). The Morgan fingerprint density at radius 3 is 2.43 bits per heavy atom. The normalized spacial score (nSPS) is 13.7. The summed E-state index contributed by atoms with van der Waals surface area (Å²) in [6, 6.07) is 0.197. The van der Waals surface area contributed by atoms with E-state index >= 15 is 0 Å². The van der Waals surface area contributed by atoms with Crippen molar-refractivity contribution in [1.29, 1.82) is 0 Å². The molecule has 0 fully saturated rings. The van der Waals surface area contributed by atoms with Crippen LogP contribution in [-0.4, -0.2) is 29.3 Å². The van der Waals surface area contributed by atoms with Crippen molar-refractivity contribution in [2.24, 2.45) is 0 Å². The zero-order valence-electron chi connectivity index (χ0n) is 15.4. The van der Waals surface area contributed by atoms with Crippen LogP contribution in [-0.2, 0) is 16.7 Å². The lowest BCUT2D eigenvalue weighted by Gasteiger charge is -2.22. The summed E-state index contributed by atoms with van der Waals surface area (Å²) in [6.45, 7) is 15.4. The monoisotopic (exact) mass is 341 g/mol. The molecule has 1 atom stereocenters. The van der Waals surface area contributed by atoms with Crippen LogP contribution in [0.25, 0.3) is 0 Å². The molecular formula is C17H31N3O2S. The van der Waals surface area contributed by atoms with Gasteiger partial charge in [-0.2, -0.15) is 0 Å². The first-order chi connectivity index (χ1) is 10.5. The maximum Gasteiger partial charge on any atom is 0.407 e. The molecule has 132 valence electrons. The van der Waals surface area contributed by atoms with Gasteiger partial charge in [0.25, 0.3) is 0 Å². The Hall–Kier alpha value is -1.14. The van der Waals surface area contributed by atoms with Crippen molar-refractivity contribution in [3.8, 4) is 0 Å². The molecule has 0 aliphatic rings. The number of carbonyl (C=O) groups excluding carboxylic acids is 1. The Labute approximate surface area is 144 Å². The van der Waals surface area contributed by atoms with E-state index in [1.54, 1.807) is 11.3 Å². The minimum Gasteiger partial charge on any atom is -0.444 e. The van der Waals surface area contributed by atoms with Crippen molar-refractivity contribution in [1.82, 2.24) is 15.6 Å². The van der Waals surface area contributed by atoms with Crippen LogP contribution in [0.2, 0.25) is 0 Å². The second-order valence-corrected chi connectivity index (χ2v) is 8.62. The fourth-order valence-corrected chi connectivity index (χ4v) is 2.77. The third-order valence-electron chi connectivity index (χ3n) is 3.15. The summed E-state index contributed by atoms with van der Waals surface area (Å²) in [5, 5.41) is 9.50. The van der Waals surface area contributed by atoms with E-state index in [1.807, 2.05) is 20.8 Å². The lowest BCUT2D eigenvalue weighted by atomic mass is 9.98. The first-order valence-electron chi connectivity index (χ1n) is 8.16. The SMILES string of the molecule is CCC(CNC(=O)OC(C)(C)C)NCc1csc(C(C)(C)C)n1. The van der Waals surface area contributed by atoms with Crippen molar-refractivity contribution in [3.63, 3.8) is 0 Å². The molecule has 0 radical (unpaired) electrons. The van der Waals surface area contributed by atoms with Gasteiger partial charge in [0.05, 0.1) is 10.7 Å². The number of rotatable bonds is 6. The van der Waals surface area contributed by atoms with Gasteiger partial charge in [-0.3, -0.25) is 0 Å². The first kappa shape index (κ1) is 19.9. The Morgan fingerprint density at radius 1 is 1.30 bits per heavy atom. The van der Waals surface area contributed by atoms with E-state index in [1.165, 1.54) is 0 Å². The summed E-state index contributed by atoms with van der Waals surface area (Å²) in [5.41, 5.74) is 0.671. The summed E-state index contributed by atoms with van der Waals surface area (Å²) >= 11 is 1.70. The molecule has 5 nitrogen and oxygen atoms in total. The molecule has 0 aromatic carbocycles. The number of thiazole rings is 1. The van der Waals surface area contributed by atoms with Gasteiger partial charge in [0, 0.05) is 29.9 Å². The molecule has 1 aromatic rings. The minimum atomic E-state index is -0.469. The van der Waals surface area contributed by atoms with Gasteiger partial charge in [0.1, 0.15) is 5.60 Å². The molecule has 23 heavy (non-hydrogen) atoms. The topological polar surface area (TPSA) is 63.2 Å². The second-order valence-electron chi connectivity index (χ2n) is 7.76. The average molecular weight is 342 g/mol. The minimum absolute atomic E-state index is 0.0886. The van der Waals surface area contributed by atoms with E-state index in [0.29, 0.717) is 13.1 Å². The van der Waals surface area contributed by atoms with Gasteiger partial charge in [-0.15, -0.1) is 11.3 Å². The van der Waals surface area contributed by atoms with Crippen molar-refractivity contribution in [2.45, 2.75) is 78.5 Å². The summed E-state index contributed by atoms with van der Waals surface area (Å²) in [4.78, 5) is 16.4. The zero-order chi connectivity index (χ0) is 17.7. The van der Waals surface area contributed by atoms with E-state index in [2.05, 4.69) is 48.7 Å². The lowest BCUT2D eigenvalue weighted by Crippen LogP contribution is -2.42. The van der Waals surface area contributed by atoms with E-state index < -0.39 is 5.60 Å². The number of nitrogens with zero attached hydrogens (tertiary/aromatic N) is 1. The number of ether oxygens (including phenoxy) is 1. The Morgan fingerprint density at radius 2 is 1.96 bits per heavy atom. The molecular weight excluding hydrogens is 310 g/mol. The number of nitrogens with one attached hydrogen (secondary N) is 2. The van der Waals surface area contributed by atoms with Crippen molar-refractivity contribution in [3.05, 3.63) is 16.1 Å². The zero-order valence-corrected chi connectivity index (χ0v) is 16.3. The van der Waals surface area contributed by atoms with Crippen LogP contribution in [0.5, 0.6) is 0 Å². The molecule has 0 saturated carbocycles. The van der Waals surface area contributed by atoms with E-state index in [9.17, 15) is 4.79 Å². The number of hydrogen-bond donors (Lipinski definition) is 2. The van der Waals surface area contributed by atoms with Crippen LogP contribution in [0.15, 0.2) is 5.38 Å². The number of carbonyl (C=O) groups is 1. The summed E-state index contributed by atoms with van der Waals surface area (Å²) < 4.78 is 5.25. The fourth-order valence-electron chi connectivity index (χ4n) is 1.86. The van der Waals surface area contributed by atoms with Crippen molar-refractivity contribution >= 4 is 17.4 Å². The summed E-state index contributed by atoms with van der Waals surface area (Å²) in [5.74, 6) is 0. The fraction of sp³-hybridized carbons (Fsp3) is 0.765. The highest BCUT2D eigenvalue weighted by molar-refractivity contribution is 7.09. The molecule has 2 N–H and O–H groups in total. The largest absolute Gasteiger partial charge is 0.444 e. The first-order valence-corrected chi connectivity index (χ1v) is 9.04. The number of hydrogen-bond acceptors (Lipinski definition) is 5. The molecule has 0 saturated heterocycles. The van der Waals surface area contributed by atoms with Gasteiger partial charge < -0.3 is 15.4 Å². The molecule has 0 aliphatic carbocycles. The highest BCUT2D eigenvalue weighted by atomic mass is 32.1. The molecule has 1 rings (SSSR count). The highest BCUT2D eigenvalue weighted by Crippen LogP contribution is 2.25. The van der Waals surface area contributed by atoms with Crippen molar-refractivity contribution in [2.75, 3.05) is 6.54 Å². The Bertz CT molecular complexity index is 501. The molecule has 0 spiro atoms. The molecule has 0 aliphatic heterocycles. The van der Waals surface area contributed by atoms with Crippen molar-refractivity contribution < 1.29 is 9.53 Å². The van der Waals surface area contributed by atoms with Gasteiger partial charge in [-0.1, -0.05) is 27.7 Å². The van der Waals surface area contributed by atoms with E-state index in [4.69, 9.17) is 4.74 Å². The molecule has 1 heterocycles. The van der Waals surface area contributed by atoms with Gasteiger partial charge in [0.2, 0.25) is 0 Å².